The molecule has 0 aliphatic heterocycles. The van der Waals surface area contributed by atoms with Gasteiger partial charge in [-0.3, -0.25) is 0 Å². The number of thiazole rings is 1. The molecule has 110 valence electrons. The summed E-state index contributed by atoms with van der Waals surface area (Å²) in [6.45, 7) is 0. The van der Waals surface area contributed by atoms with Crippen LogP contribution in [0.25, 0.3) is 0 Å². The minimum atomic E-state index is -0.340. The number of benzene rings is 1. The zero-order valence-corrected chi connectivity index (χ0v) is 13.0. The molecular weight excluding hydrogens is 278 g/mol. The lowest BCUT2D eigenvalue weighted by atomic mass is 9.79. The highest BCUT2D eigenvalue weighted by molar-refractivity contribution is 7.12. The van der Waals surface area contributed by atoms with Gasteiger partial charge in [-0.2, -0.15) is 0 Å². The summed E-state index contributed by atoms with van der Waals surface area (Å²) >= 11 is 1.86. The monoisotopic (exact) mass is 299 g/mol. The first-order chi connectivity index (χ1) is 10.3. The second-order valence-electron chi connectivity index (χ2n) is 6.39. The van der Waals surface area contributed by atoms with Crippen molar-refractivity contribution in [2.75, 3.05) is 0 Å². The summed E-state index contributed by atoms with van der Waals surface area (Å²) in [6, 6.07) is 10.9. The number of aliphatic hydroxyl groups is 1. The standard InChI is InChI=1S/C18H21NOS/c20-14-9-6-10-15-16(14)19-17(21-15)18(11-4-5-12-18)13-7-2-1-3-8-13/h1-3,7-8,14,20H,4-6,9-12H2. The van der Waals surface area contributed by atoms with Crippen LogP contribution >= 0.6 is 11.3 Å². The molecule has 1 saturated carbocycles. The van der Waals surface area contributed by atoms with Crippen LogP contribution in [0.15, 0.2) is 30.3 Å². The normalized spacial score (nSPS) is 24.0. The second kappa shape index (κ2) is 5.22. The Morgan fingerprint density at radius 3 is 2.57 bits per heavy atom. The van der Waals surface area contributed by atoms with Gasteiger partial charge in [0.15, 0.2) is 0 Å². The Labute approximate surface area is 129 Å². The molecule has 2 nitrogen and oxygen atoms in total. The minimum absolute atomic E-state index is 0.100. The Hall–Kier alpha value is -1.19. The van der Waals surface area contributed by atoms with Crippen molar-refractivity contribution >= 4 is 11.3 Å². The number of aryl methyl sites for hydroxylation is 1. The summed E-state index contributed by atoms with van der Waals surface area (Å²) in [5.41, 5.74) is 2.48. The van der Waals surface area contributed by atoms with E-state index in [4.69, 9.17) is 4.98 Å². The third-order valence-corrected chi connectivity index (χ3v) is 6.45. The molecule has 3 heteroatoms. The van der Waals surface area contributed by atoms with E-state index in [1.54, 1.807) is 0 Å². The van der Waals surface area contributed by atoms with E-state index in [-0.39, 0.29) is 11.5 Å². The van der Waals surface area contributed by atoms with E-state index in [0.717, 1.165) is 25.0 Å². The summed E-state index contributed by atoms with van der Waals surface area (Å²) < 4.78 is 0. The third kappa shape index (κ3) is 2.14. The molecule has 1 fully saturated rings. The molecule has 4 rings (SSSR count). The summed E-state index contributed by atoms with van der Waals surface area (Å²) in [5, 5.41) is 11.5. The quantitative estimate of drug-likeness (QED) is 0.893. The first-order valence-corrected chi connectivity index (χ1v) is 8.85. The number of aliphatic hydroxyl groups excluding tert-OH is 1. The predicted octanol–water partition coefficient (Wildman–Crippen LogP) is 4.37. The Balaban J connectivity index is 1.82. The molecule has 0 bridgehead atoms. The van der Waals surface area contributed by atoms with Crippen LogP contribution < -0.4 is 0 Å². The lowest BCUT2D eigenvalue weighted by Gasteiger charge is -2.27. The van der Waals surface area contributed by atoms with Crippen molar-refractivity contribution in [3.05, 3.63) is 51.5 Å². The fourth-order valence-electron chi connectivity index (χ4n) is 3.96. The number of aromatic nitrogens is 1. The molecule has 0 amide bonds. The van der Waals surface area contributed by atoms with E-state index in [1.165, 1.54) is 41.1 Å². The van der Waals surface area contributed by atoms with Crippen molar-refractivity contribution in [1.82, 2.24) is 4.98 Å². The first-order valence-electron chi connectivity index (χ1n) is 8.03. The van der Waals surface area contributed by atoms with Crippen molar-refractivity contribution < 1.29 is 5.11 Å². The summed E-state index contributed by atoms with van der Waals surface area (Å²) in [4.78, 5) is 6.26. The van der Waals surface area contributed by atoms with E-state index in [2.05, 4.69) is 30.3 Å². The highest BCUT2D eigenvalue weighted by Gasteiger charge is 2.41. The molecule has 2 aliphatic carbocycles. The van der Waals surface area contributed by atoms with Gasteiger partial charge in [0.25, 0.3) is 0 Å². The first kappa shape index (κ1) is 13.5. The van der Waals surface area contributed by atoms with Crippen LogP contribution in [0.4, 0.5) is 0 Å². The van der Waals surface area contributed by atoms with Crippen molar-refractivity contribution in [1.29, 1.82) is 0 Å². The van der Waals surface area contributed by atoms with Gasteiger partial charge in [-0.15, -0.1) is 11.3 Å². The fourth-order valence-corrected chi connectivity index (χ4v) is 5.39. The van der Waals surface area contributed by atoms with Gasteiger partial charge in [0.1, 0.15) is 5.01 Å². The number of rotatable bonds is 2. The molecule has 1 unspecified atom stereocenters. The van der Waals surface area contributed by atoms with Gasteiger partial charge in [0.05, 0.1) is 11.8 Å². The van der Waals surface area contributed by atoms with Gasteiger partial charge in [-0.25, -0.2) is 4.98 Å². The molecule has 1 atom stereocenters. The largest absolute Gasteiger partial charge is 0.387 e. The van der Waals surface area contributed by atoms with Gasteiger partial charge in [-0.1, -0.05) is 43.2 Å². The van der Waals surface area contributed by atoms with Gasteiger partial charge in [-0.05, 0) is 37.7 Å². The Bertz CT molecular complexity index is 628. The molecule has 0 radical (unpaired) electrons. The van der Waals surface area contributed by atoms with Gasteiger partial charge < -0.3 is 5.11 Å². The SMILES string of the molecule is OC1CCCc2sc(C3(c4ccccc4)CCCC3)nc21. The average molecular weight is 299 g/mol. The fraction of sp³-hybridized carbons (Fsp3) is 0.500. The van der Waals surface area contributed by atoms with E-state index < -0.39 is 0 Å². The topological polar surface area (TPSA) is 33.1 Å². The highest BCUT2D eigenvalue weighted by atomic mass is 32.1. The lowest BCUT2D eigenvalue weighted by Crippen LogP contribution is -2.23. The van der Waals surface area contributed by atoms with E-state index in [9.17, 15) is 5.11 Å². The van der Waals surface area contributed by atoms with Crippen LogP contribution in [0.2, 0.25) is 0 Å². The molecule has 21 heavy (non-hydrogen) atoms. The summed E-state index contributed by atoms with van der Waals surface area (Å²) in [6.07, 6.45) is 7.66. The summed E-state index contributed by atoms with van der Waals surface area (Å²) in [7, 11) is 0. The molecule has 1 aromatic heterocycles. The van der Waals surface area contributed by atoms with Gasteiger partial charge in [0.2, 0.25) is 0 Å². The zero-order chi connectivity index (χ0) is 14.3. The number of nitrogens with zero attached hydrogens (tertiary/aromatic N) is 1. The Morgan fingerprint density at radius 2 is 1.86 bits per heavy atom. The van der Waals surface area contributed by atoms with Gasteiger partial charge >= 0.3 is 0 Å². The molecule has 0 spiro atoms. The van der Waals surface area contributed by atoms with Crippen LogP contribution in [-0.2, 0) is 11.8 Å². The van der Waals surface area contributed by atoms with Crippen molar-refractivity contribution in [2.24, 2.45) is 0 Å². The molecular formula is C18H21NOS. The van der Waals surface area contributed by atoms with Crippen LogP contribution in [0.3, 0.4) is 0 Å². The smallest absolute Gasteiger partial charge is 0.104 e. The van der Waals surface area contributed by atoms with Crippen LogP contribution in [0.5, 0.6) is 0 Å². The molecule has 1 aromatic carbocycles. The van der Waals surface area contributed by atoms with Crippen LogP contribution in [0.1, 0.15) is 65.8 Å². The summed E-state index contributed by atoms with van der Waals surface area (Å²) in [5.74, 6) is 0. The average Bonchev–Trinajstić information content (AvgIpc) is 3.16. The number of hydrogen-bond acceptors (Lipinski definition) is 3. The van der Waals surface area contributed by atoms with Crippen molar-refractivity contribution in [2.45, 2.75) is 56.5 Å². The van der Waals surface area contributed by atoms with Crippen molar-refractivity contribution in [3.63, 3.8) is 0 Å². The predicted molar refractivity (Wildman–Crippen MR) is 85.7 cm³/mol. The Kier molecular flexibility index (Phi) is 3.35. The van der Waals surface area contributed by atoms with Crippen LogP contribution in [0, 0.1) is 0 Å². The maximum absolute atomic E-state index is 10.2. The van der Waals surface area contributed by atoms with Crippen LogP contribution in [-0.4, -0.2) is 10.1 Å². The third-order valence-electron chi connectivity index (χ3n) is 5.12. The molecule has 1 N–H and O–H groups in total. The minimum Gasteiger partial charge on any atom is -0.387 e. The number of hydrogen-bond donors (Lipinski definition) is 1. The molecule has 0 saturated heterocycles. The molecule has 2 aliphatic rings. The maximum Gasteiger partial charge on any atom is 0.104 e. The zero-order valence-electron chi connectivity index (χ0n) is 12.2. The molecule has 1 heterocycles. The van der Waals surface area contributed by atoms with E-state index in [0.29, 0.717) is 0 Å². The molecule has 2 aromatic rings. The van der Waals surface area contributed by atoms with E-state index >= 15 is 0 Å². The maximum atomic E-state index is 10.2. The van der Waals surface area contributed by atoms with Gasteiger partial charge in [0, 0.05) is 10.3 Å². The number of fused-ring (bicyclic) bond motifs is 1. The second-order valence-corrected chi connectivity index (χ2v) is 7.47. The highest BCUT2D eigenvalue weighted by Crippen LogP contribution is 2.49. The van der Waals surface area contributed by atoms with Crippen molar-refractivity contribution in [3.8, 4) is 0 Å². The lowest BCUT2D eigenvalue weighted by molar-refractivity contribution is 0.152. The Morgan fingerprint density at radius 1 is 1.10 bits per heavy atom. The van der Waals surface area contributed by atoms with E-state index in [1.807, 2.05) is 11.3 Å².